The molecule has 0 rings (SSSR count). The Morgan fingerprint density at radius 1 is 2.00 bits per heavy atom. The van der Waals surface area contributed by atoms with E-state index in [0.29, 0.717) is 0 Å². The zero-order chi connectivity index (χ0) is 5.15. The molecule has 6 heavy (non-hydrogen) atoms. The standard InChI is InChI=1S/C2H2FO2P/c1-2(3)6(4)5/h1H2/p+1. The normalized spacial score (nSPS) is 10.7. The van der Waals surface area contributed by atoms with Crippen LogP contribution in [0.1, 0.15) is 0 Å². The van der Waals surface area contributed by atoms with Crippen molar-refractivity contribution in [2.45, 2.75) is 0 Å². The van der Waals surface area contributed by atoms with Gasteiger partial charge in [-0.15, -0.1) is 0 Å². The molecule has 1 N–H and O–H groups in total. The second-order valence-corrected chi connectivity index (χ2v) is 1.68. The molecular formula is C2H3FO2P+. The summed E-state index contributed by atoms with van der Waals surface area (Å²) in [5.41, 5.74) is -1.18. The molecule has 0 aliphatic carbocycles. The van der Waals surface area contributed by atoms with Crippen LogP contribution in [0.4, 0.5) is 4.39 Å². The molecule has 1 unspecified atom stereocenters. The first-order valence-electron chi connectivity index (χ1n) is 1.15. The van der Waals surface area contributed by atoms with Crippen molar-refractivity contribution in [3.63, 3.8) is 0 Å². The van der Waals surface area contributed by atoms with Gasteiger partial charge in [-0.05, 0) is 11.1 Å². The first-order chi connectivity index (χ1) is 2.64. The van der Waals surface area contributed by atoms with E-state index in [4.69, 9.17) is 4.89 Å². The molecule has 0 aliphatic heterocycles. The molecular weight excluding hydrogens is 106 g/mol. The van der Waals surface area contributed by atoms with Crippen molar-refractivity contribution in [1.29, 1.82) is 0 Å². The highest BCUT2D eigenvalue weighted by atomic mass is 31.1. The van der Waals surface area contributed by atoms with Crippen LogP contribution in [0, 0.1) is 0 Å². The highest BCUT2D eigenvalue weighted by Gasteiger charge is 2.14. The van der Waals surface area contributed by atoms with Gasteiger partial charge in [0, 0.05) is 0 Å². The molecule has 0 saturated carbocycles. The summed E-state index contributed by atoms with van der Waals surface area (Å²) in [5.74, 6) is 0. The van der Waals surface area contributed by atoms with Crippen molar-refractivity contribution >= 4 is 8.03 Å². The molecule has 0 saturated heterocycles. The first kappa shape index (κ1) is 5.73. The highest BCUT2D eigenvalue weighted by molar-refractivity contribution is 7.42. The predicted octanol–water partition coefficient (Wildman–Crippen LogP) is 1.16. The van der Waals surface area contributed by atoms with E-state index in [1.54, 1.807) is 0 Å². The van der Waals surface area contributed by atoms with Crippen LogP contribution in [-0.2, 0) is 4.57 Å². The summed E-state index contributed by atoms with van der Waals surface area (Å²) >= 11 is 0. The summed E-state index contributed by atoms with van der Waals surface area (Å²) in [6, 6.07) is 0. The van der Waals surface area contributed by atoms with Gasteiger partial charge in [0.1, 0.15) is 0 Å². The van der Waals surface area contributed by atoms with Gasteiger partial charge in [0.2, 0.25) is 0 Å². The molecule has 0 aliphatic rings. The maximum absolute atomic E-state index is 11.1. The Morgan fingerprint density at radius 3 is 2.17 bits per heavy atom. The quantitative estimate of drug-likeness (QED) is 0.513. The highest BCUT2D eigenvalue weighted by Crippen LogP contribution is 2.24. The van der Waals surface area contributed by atoms with E-state index in [1.165, 1.54) is 0 Å². The Bertz CT molecular complexity index is 77.5. The minimum atomic E-state index is -2.77. The van der Waals surface area contributed by atoms with Crippen LogP contribution in [0.3, 0.4) is 0 Å². The molecule has 0 radical (unpaired) electrons. The lowest BCUT2D eigenvalue weighted by molar-refractivity contribution is 0.494. The lowest BCUT2D eigenvalue weighted by Crippen LogP contribution is -1.51. The second kappa shape index (κ2) is 2.00. The third-order valence-electron chi connectivity index (χ3n) is 0.208. The van der Waals surface area contributed by atoms with Crippen LogP contribution in [0.15, 0.2) is 12.1 Å². The van der Waals surface area contributed by atoms with Crippen molar-refractivity contribution < 1.29 is 13.8 Å². The second-order valence-electron chi connectivity index (χ2n) is 0.649. The molecule has 34 valence electrons. The number of hydrogen-bond donors (Lipinski definition) is 1. The van der Waals surface area contributed by atoms with Crippen molar-refractivity contribution in [3.8, 4) is 0 Å². The van der Waals surface area contributed by atoms with Crippen LogP contribution >= 0.6 is 8.03 Å². The van der Waals surface area contributed by atoms with Crippen molar-refractivity contribution in [2.75, 3.05) is 0 Å². The molecule has 1 atom stereocenters. The summed E-state index contributed by atoms with van der Waals surface area (Å²) in [7, 11) is -2.77. The molecule has 0 aromatic carbocycles. The Kier molecular flexibility index (Phi) is 1.91. The molecule has 0 amide bonds. The minimum Gasteiger partial charge on any atom is -0.154 e. The van der Waals surface area contributed by atoms with Gasteiger partial charge in [0.05, 0.1) is 0 Å². The largest absolute Gasteiger partial charge is 0.576 e. The van der Waals surface area contributed by atoms with Gasteiger partial charge < -0.3 is 0 Å². The molecule has 0 heterocycles. The molecule has 0 bridgehead atoms. The molecule has 0 fully saturated rings. The summed E-state index contributed by atoms with van der Waals surface area (Å²) < 4.78 is 20.5. The Balaban J connectivity index is 3.57. The van der Waals surface area contributed by atoms with E-state index >= 15 is 0 Å². The van der Waals surface area contributed by atoms with E-state index in [2.05, 4.69) is 6.58 Å². The van der Waals surface area contributed by atoms with E-state index in [-0.39, 0.29) is 0 Å². The number of rotatable bonds is 1. The number of hydrogen-bond acceptors (Lipinski definition) is 1. The van der Waals surface area contributed by atoms with Crippen LogP contribution in [0.2, 0.25) is 0 Å². The summed E-state index contributed by atoms with van der Waals surface area (Å²) in [6.45, 7) is 2.55. The maximum atomic E-state index is 11.1. The summed E-state index contributed by atoms with van der Waals surface area (Å²) in [5, 5.41) is 0. The van der Waals surface area contributed by atoms with E-state index in [1.807, 2.05) is 0 Å². The Morgan fingerprint density at radius 2 is 2.17 bits per heavy atom. The van der Waals surface area contributed by atoms with Crippen LogP contribution in [0.5, 0.6) is 0 Å². The van der Waals surface area contributed by atoms with Gasteiger partial charge in [-0.1, -0.05) is 0 Å². The van der Waals surface area contributed by atoms with Crippen LogP contribution in [-0.4, -0.2) is 4.89 Å². The zero-order valence-electron chi connectivity index (χ0n) is 2.89. The van der Waals surface area contributed by atoms with Gasteiger partial charge in [-0.3, -0.25) is 0 Å². The van der Waals surface area contributed by atoms with Gasteiger partial charge >= 0.3 is 13.6 Å². The summed E-state index contributed by atoms with van der Waals surface area (Å²) in [6.07, 6.45) is 0. The minimum absolute atomic E-state index is 1.18. The van der Waals surface area contributed by atoms with Gasteiger partial charge in [-0.25, -0.2) is 0 Å². The molecule has 2 nitrogen and oxygen atoms in total. The first-order valence-corrected chi connectivity index (χ1v) is 2.36. The smallest absolute Gasteiger partial charge is 0.154 e. The lowest BCUT2D eigenvalue weighted by atomic mass is 11.2. The molecule has 4 heteroatoms. The Hall–Kier alpha value is -0.270. The molecule has 0 aromatic rings. The third kappa shape index (κ3) is 2.00. The average Bonchev–Trinajstić information content (AvgIpc) is 1.36. The van der Waals surface area contributed by atoms with Crippen molar-refractivity contribution in [3.05, 3.63) is 12.1 Å². The lowest BCUT2D eigenvalue weighted by Gasteiger charge is -1.57. The number of halogens is 1. The van der Waals surface area contributed by atoms with Gasteiger partial charge in [0.25, 0.3) is 0 Å². The maximum Gasteiger partial charge on any atom is 0.576 e. The fourth-order valence-corrected chi connectivity index (χ4v) is 0. The zero-order valence-corrected chi connectivity index (χ0v) is 3.78. The predicted molar refractivity (Wildman–Crippen MR) is 20.1 cm³/mol. The topological polar surface area (TPSA) is 37.3 Å². The van der Waals surface area contributed by atoms with Gasteiger partial charge in [0.15, 0.2) is 0 Å². The van der Waals surface area contributed by atoms with Crippen LogP contribution in [0.25, 0.3) is 0 Å². The molecule has 0 spiro atoms. The Labute approximate surface area is 35.2 Å². The molecule has 0 aromatic heterocycles. The fourth-order valence-electron chi connectivity index (χ4n) is 0. The monoisotopic (exact) mass is 109 g/mol. The van der Waals surface area contributed by atoms with E-state index < -0.39 is 13.6 Å². The van der Waals surface area contributed by atoms with Crippen molar-refractivity contribution in [1.82, 2.24) is 0 Å². The van der Waals surface area contributed by atoms with Crippen LogP contribution < -0.4 is 0 Å². The van der Waals surface area contributed by atoms with E-state index in [0.717, 1.165) is 0 Å². The SMILES string of the molecule is C=C(F)[P+](=O)O. The average molecular weight is 109 g/mol. The van der Waals surface area contributed by atoms with Crippen molar-refractivity contribution in [2.24, 2.45) is 0 Å². The van der Waals surface area contributed by atoms with Gasteiger partial charge in [-0.2, -0.15) is 9.28 Å². The summed E-state index contributed by atoms with van der Waals surface area (Å²) in [4.78, 5) is 7.66. The van der Waals surface area contributed by atoms with E-state index in [9.17, 15) is 8.96 Å². The third-order valence-corrected chi connectivity index (χ3v) is 0.623. The fraction of sp³-hybridized carbons (Fsp3) is 0.